The fraction of sp³-hybridized carbons (Fsp3) is 0.333. The van der Waals surface area contributed by atoms with Crippen molar-refractivity contribution in [2.24, 2.45) is 5.92 Å². The second-order valence-corrected chi connectivity index (χ2v) is 7.65. The van der Waals surface area contributed by atoms with Gasteiger partial charge in [-0.3, -0.25) is 14.1 Å². The van der Waals surface area contributed by atoms with Crippen molar-refractivity contribution >= 4 is 17.2 Å². The zero-order chi connectivity index (χ0) is 18.7. The number of hydrogen-bond donors (Lipinski definition) is 0. The van der Waals surface area contributed by atoms with Gasteiger partial charge in [0, 0.05) is 36.9 Å². The van der Waals surface area contributed by atoms with Crippen LogP contribution >= 0.6 is 11.6 Å². The largest absolute Gasteiger partial charge is 0.293 e. The van der Waals surface area contributed by atoms with E-state index in [2.05, 4.69) is 23.7 Å². The number of aromatic nitrogens is 2. The van der Waals surface area contributed by atoms with Crippen molar-refractivity contribution in [3.05, 3.63) is 80.9 Å². The van der Waals surface area contributed by atoms with Gasteiger partial charge >= 0.3 is 0 Å². The average Bonchev–Trinajstić information content (AvgIpc) is 2.57. The number of nitrogens with zero attached hydrogens (tertiary/aromatic N) is 3. The van der Waals surface area contributed by atoms with Gasteiger partial charge in [0.15, 0.2) is 0 Å². The highest BCUT2D eigenvalue weighted by atomic mass is 35.5. The minimum Gasteiger partial charge on any atom is -0.293 e. The average molecular weight is 370 g/mol. The Morgan fingerprint density at radius 1 is 1.12 bits per heavy atom. The molecule has 26 heavy (non-hydrogen) atoms. The minimum absolute atomic E-state index is 0.0373. The zero-order valence-electron chi connectivity index (χ0n) is 15.4. The second-order valence-electron chi connectivity index (χ2n) is 7.21. The normalized spacial score (nSPS) is 11.6. The Bertz CT molecular complexity index is 948. The number of pyridine rings is 1. The smallest absolute Gasteiger partial charge is 0.258 e. The molecule has 0 aliphatic heterocycles. The standard InChI is InChI=1S/C21H24ClN3O/c1-15(2)11-24(13-17-5-7-18(22)8-6-17)14-19-10-21(26)25-12-16(3)4-9-20(25)23-19/h4-10,12,15H,11,13-14H2,1-3H3. The van der Waals surface area contributed by atoms with Gasteiger partial charge < -0.3 is 0 Å². The fourth-order valence-electron chi connectivity index (χ4n) is 3.12. The topological polar surface area (TPSA) is 37.6 Å². The van der Waals surface area contributed by atoms with Gasteiger partial charge in [0.2, 0.25) is 0 Å². The summed E-state index contributed by atoms with van der Waals surface area (Å²) in [5.74, 6) is 0.520. The molecule has 0 saturated heterocycles. The van der Waals surface area contributed by atoms with Gasteiger partial charge in [-0.1, -0.05) is 43.6 Å². The van der Waals surface area contributed by atoms with Gasteiger partial charge in [0.1, 0.15) is 5.65 Å². The number of rotatable bonds is 6. The van der Waals surface area contributed by atoms with Crippen molar-refractivity contribution in [2.45, 2.75) is 33.9 Å². The predicted molar refractivity (Wildman–Crippen MR) is 107 cm³/mol. The van der Waals surface area contributed by atoms with E-state index in [1.54, 1.807) is 10.5 Å². The van der Waals surface area contributed by atoms with E-state index in [0.717, 1.165) is 29.4 Å². The molecule has 0 amide bonds. The third kappa shape index (κ3) is 4.71. The molecule has 2 heterocycles. The van der Waals surface area contributed by atoms with Crippen molar-refractivity contribution in [3.63, 3.8) is 0 Å². The highest BCUT2D eigenvalue weighted by Gasteiger charge is 2.12. The van der Waals surface area contributed by atoms with Crippen LogP contribution in [0.4, 0.5) is 0 Å². The van der Waals surface area contributed by atoms with Crippen molar-refractivity contribution in [1.29, 1.82) is 0 Å². The SMILES string of the molecule is Cc1ccc2nc(CN(Cc3ccc(Cl)cc3)CC(C)C)cc(=O)n2c1. The predicted octanol–water partition coefficient (Wildman–Crippen LogP) is 4.31. The quantitative estimate of drug-likeness (QED) is 0.649. The molecule has 0 unspecified atom stereocenters. The third-order valence-electron chi connectivity index (χ3n) is 4.19. The molecule has 0 aliphatic carbocycles. The lowest BCUT2D eigenvalue weighted by molar-refractivity contribution is 0.225. The van der Waals surface area contributed by atoms with Crippen LogP contribution in [0.15, 0.2) is 53.5 Å². The zero-order valence-corrected chi connectivity index (χ0v) is 16.2. The summed E-state index contributed by atoms with van der Waals surface area (Å²) in [6.07, 6.45) is 1.83. The molecule has 3 aromatic rings. The molecule has 0 radical (unpaired) electrons. The Balaban J connectivity index is 1.86. The van der Waals surface area contributed by atoms with Crippen LogP contribution in [0.3, 0.4) is 0 Å². The maximum Gasteiger partial charge on any atom is 0.258 e. The van der Waals surface area contributed by atoms with E-state index < -0.39 is 0 Å². The van der Waals surface area contributed by atoms with E-state index in [1.165, 1.54) is 5.56 Å². The molecular formula is C21H24ClN3O. The first-order chi connectivity index (χ1) is 12.4. The van der Waals surface area contributed by atoms with Crippen molar-refractivity contribution in [2.75, 3.05) is 6.54 Å². The summed E-state index contributed by atoms with van der Waals surface area (Å²) in [6, 6.07) is 13.4. The van der Waals surface area contributed by atoms with Crippen molar-refractivity contribution < 1.29 is 0 Å². The molecule has 0 N–H and O–H groups in total. The Morgan fingerprint density at radius 2 is 1.85 bits per heavy atom. The van der Waals surface area contributed by atoms with E-state index >= 15 is 0 Å². The van der Waals surface area contributed by atoms with Gasteiger partial charge in [-0.05, 0) is 42.2 Å². The van der Waals surface area contributed by atoms with Crippen LogP contribution in [0.1, 0.15) is 30.7 Å². The molecule has 5 heteroatoms. The third-order valence-corrected chi connectivity index (χ3v) is 4.44. The van der Waals surface area contributed by atoms with E-state index in [9.17, 15) is 4.79 Å². The van der Waals surface area contributed by atoms with Crippen LogP contribution in [-0.2, 0) is 13.1 Å². The molecule has 0 atom stereocenters. The Labute approximate surface area is 159 Å². The molecule has 0 spiro atoms. The van der Waals surface area contributed by atoms with Crippen LogP contribution in [0.5, 0.6) is 0 Å². The molecular weight excluding hydrogens is 346 g/mol. The maximum atomic E-state index is 12.4. The van der Waals surface area contributed by atoms with Gasteiger partial charge in [-0.15, -0.1) is 0 Å². The lowest BCUT2D eigenvalue weighted by atomic mass is 10.1. The van der Waals surface area contributed by atoms with E-state index in [0.29, 0.717) is 18.1 Å². The first-order valence-corrected chi connectivity index (χ1v) is 9.24. The van der Waals surface area contributed by atoms with Gasteiger partial charge in [0.25, 0.3) is 5.56 Å². The van der Waals surface area contributed by atoms with Crippen molar-refractivity contribution in [3.8, 4) is 0 Å². The molecule has 136 valence electrons. The first-order valence-electron chi connectivity index (χ1n) is 8.86. The van der Waals surface area contributed by atoms with Crippen molar-refractivity contribution in [1.82, 2.24) is 14.3 Å². The van der Waals surface area contributed by atoms with Crippen LogP contribution in [0.25, 0.3) is 5.65 Å². The molecule has 0 bridgehead atoms. The Kier molecular flexibility index (Phi) is 5.74. The number of aryl methyl sites for hydroxylation is 1. The van der Waals surface area contributed by atoms with E-state index in [1.807, 2.05) is 49.5 Å². The lowest BCUT2D eigenvalue weighted by Gasteiger charge is -2.24. The van der Waals surface area contributed by atoms with Gasteiger partial charge in [-0.25, -0.2) is 4.98 Å². The summed E-state index contributed by atoms with van der Waals surface area (Å²) < 4.78 is 1.60. The molecule has 0 aliphatic rings. The second kappa shape index (κ2) is 8.02. The van der Waals surface area contributed by atoms with Crippen LogP contribution in [0, 0.1) is 12.8 Å². The van der Waals surface area contributed by atoms with Crippen LogP contribution in [-0.4, -0.2) is 20.8 Å². The Hall–Kier alpha value is -2.17. The number of hydrogen-bond acceptors (Lipinski definition) is 3. The highest BCUT2D eigenvalue weighted by molar-refractivity contribution is 6.30. The molecule has 1 aromatic carbocycles. The molecule has 0 saturated carbocycles. The summed E-state index contributed by atoms with van der Waals surface area (Å²) in [7, 11) is 0. The molecule has 4 nitrogen and oxygen atoms in total. The fourth-order valence-corrected chi connectivity index (χ4v) is 3.24. The molecule has 2 aromatic heterocycles. The lowest BCUT2D eigenvalue weighted by Crippen LogP contribution is -2.28. The minimum atomic E-state index is -0.0373. The summed E-state index contributed by atoms with van der Waals surface area (Å²) >= 11 is 5.99. The number of benzene rings is 1. The molecule has 0 fully saturated rings. The van der Waals surface area contributed by atoms with Gasteiger partial charge in [0.05, 0.1) is 5.69 Å². The first kappa shape index (κ1) is 18.6. The Morgan fingerprint density at radius 3 is 2.54 bits per heavy atom. The summed E-state index contributed by atoms with van der Waals surface area (Å²) in [5, 5.41) is 0.740. The summed E-state index contributed by atoms with van der Waals surface area (Å²) in [5.41, 5.74) is 3.69. The van der Waals surface area contributed by atoms with Crippen LogP contribution < -0.4 is 5.56 Å². The maximum absolute atomic E-state index is 12.4. The van der Waals surface area contributed by atoms with Gasteiger partial charge in [-0.2, -0.15) is 0 Å². The van der Waals surface area contributed by atoms with E-state index in [4.69, 9.17) is 11.6 Å². The monoisotopic (exact) mass is 369 g/mol. The molecule has 3 rings (SSSR count). The number of fused-ring (bicyclic) bond motifs is 1. The summed E-state index contributed by atoms with van der Waals surface area (Å²) in [6.45, 7) is 8.72. The number of halogens is 1. The summed E-state index contributed by atoms with van der Waals surface area (Å²) in [4.78, 5) is 19.4. The van der Waals surface area contributed by atoms with E-state index in [-0.39, 0.29) is 5.56 Å². The highest BCUT2D eigenvalue weighted by Crippen LogP contribution is 2.14. The van der Waals surface area contributed by atoms with Crippen LogP contribution in [0.2, 0.25) is 5.02 Å².